The number of non-ortho nitro benzene ring substituents is 1. The summed E-state index contributed by atoms with van der Waals surface area (Å²) >= 11 is 7.78. The zero-order valence-corrected chi connectivity index (χ0v) is 28.2. The molecule has 1 aromatic heterocycles. The van der Waals surface area contributed by atoms with Crippen LogP contribution in [-0.2, 0) is 30.0 Å². The van der Waals surface area contributed by atoms with Gasteiger partial charge in [0.2, 0.25) is 10.0 Å². The van der Waals surface area contributed by atoms with E-state index in [2.05, 4.69) is 0 Å². The van der Waals surface area contributed by atoms with E-state index >= 15 is 0 Å². The zero-order chi connectivity index (χ0) is 33.6. The molecule has 12 nitrogen and oxygen atoms in total. The van der Waals surface area contributed by atoms with Gasteiger partial charge in [0.05, 0.1) is 22.2 Å². The summed E-state index contributed by atoms with van der Waals surface area (Å²) < 4.78 is 49.8. The monoisotopic (exact) mass is 694 g/mol. The lowest BCUT2D eigenvalue weighted by atomic mass is 10.1. The predicted octanol–water partition coefficient (Wildman–Crippen LogP) is 6.25. The van der Waals surface area contributed by atoms with Gasteiger partial charge in [0.25, 0.3) is 5.69 Å². The van der Waals surface area contributed by atoms with Gasteiger partial charge in [-0.2, -0.15) is 0 Å². The van der Waals surface area contributed by atoms with Gasteiger partial charge in [0.15, 0.2) is 17.2 Å². The van der Waals surface area contributed by atoms with Crippen molar-refractivity contribution in [1.82, 2.24) is 4.31 Å². The molecule has 0 bridgehead atoms. The fourth-order valence-corrected chi connectivity index (χ4v) is 7.69. The molecule has 0 spiro atoms. The Hall–Kier alpha value is -3.72. The van der Waals surface area contributed by atoms with Gasteiger partial charge in [-0.05, 0) is 63.8 Å². The Morgan fingerprint density at radius 1 is 1.11 bits per heavy atom. The van der Waals surface area contributed by atoms with E-state index < -0.39 is 39.1 Å². The first kappa shape index (κ1) is 35.1. The lowest BCUT2D eigenvalue weighted by Crippen LogP contribution is -2.42. The van der Waals surface area contributed by atoms with Gasteiger partial charge in [-0.15, -0.1) is 11.3 Å². The number of benzene rings is 2. The summed E-state index contributed by atoms with van der Waals surface area (Å²) in [6.07, 6.45) is 0.610. The molecule has 0 atom stereocenters. The average molecular weight is 695 g/mol. The number of halogens is 1. The van der Waals surface area contributed by atoms with Gasteiger partial charge in [-0.3, -0.25) is 10.1 Å². The lowest BCUT2D eigenvalue weighted by Gasteiger charge is -2.31. The van der Waals surface area contributed by atoms with Crippen molar-refractivity contribution in [3.8, 4) is 21.9 Å². The van der Waals surface area contributed by atoms with Crippen molar-refractivity contribution < 1.29 is 41.9 Å². The lowest BCUT2D eigenvalue weighted by molar-refractivity contribution is -0.384. The molecule has 0 N–H and O–H groups in total. The largest absolute Gasteiger partial charge is 0.490 e. The number of nitrogens with zero attached hydrogens (tertiary/aromatic N) is 2. The predicted molar refractivity (Wildman–Crippen MR) is 173 cm³/mol. The van der Waals surface area contributed by atoms with E-state index in [1.807, 2.05) is 0 Å². The number of carbonyl (C=O) groups excluding carboxylic acids is 2. The van der Waals surface area contributed by atoms with Crippen LogP contribution in [0.3, 0.4) is 0 Å². The molecule has 0 aliphatic carbocycles. The van der Waals surface area contributed by atoms with Gasteiger partial charge < -0.3 is 18.9 Å². The fourth-order valence-electron chi connectivity index (χ4n) is 4.70. The number of hydrogen-bond donors (Lipinski definition) is 0. The maximum Gasteiger partial charge on any atom is 0.352 e. The van der Waals surface area contributed by atoms with Gasteiger partial charge in [0.1, 0.15) is 22.5 Å². The number of nitro groups is 1. The van der Waals surface area contributed by atoms with Crippen LogP contribution < -0.4 is 9.47 Å². The van der Waals surface area contributed by atoms with Crippen molar-refractivity contribution in [1.29, 1.82) is 0 Å². The number of ether oxygens (including phenoxy) is 4. The van der Waals surface area contributed by atoms with Gasteiger partial charge in [-0.25, -0.2) is 22.3 Å². The molecule has 2 aromatic carbocycles. The Labute approximate surface area is 276 Å². The summed E-state index contributed by atoms with van der Waals surface area (Å²) in [5.74, 6) is -1.05. The Morgan fingerprint density at radius 3 is 2.46 bits per heavy atom. The Bertz CT molecular complexity index is 1690. The second kappa shape index (κ2) is 14.8. The first-order valence-electron chi connectivity index (χ1n) is 14.5. The number of nitro benzene ring substituents is 1. The SMILES string of the molecule is CCOC(=O)COc1c(C(=O)OC(C)(C)C)sc(-c2cccc(OC3CCN(S(=O)(=O)Cc4cccc([N+](=O)[O-])c4)CC3)c2)c1Cl. The van der Waals surface area contributed by atoms with Gasteiger partial charge in [-0.1, -0.05) is 35.9 Å². The summed E-state index contributed by atoms with van der Waals surface area (Å²) in [5.41, 5.74) is 0.0467. The third-order valence-corrected chi connectivity index (χ3v) is 10.2. The highest BCUT2D eigenvalue weighted by Crippen LogP contribution is 2.46. The first-order valence-corrected chi connectivity index (χ1v) is 17.3. The molecule has 15 heteroatoms. The van der Waals surface area contributed by atoms with E-state index in [1.165, 1.54) is 22.5 Å². The van der Waals surface area contributed by atoms with Crippen LogP contribution in [0.5, 0.6) is 11.5 Å². The van der Waals surface area contributed by atoms with Crippen LogP contribution >= 0.6 is 22.9 Å². The molecule has 1 saturated heterocycles. The summed E-state index contributed by atoms with van der Waals surface area (Å²) in [4.78, 5) is 36.1. The fraction of sp³-hybridized carbons (Fsp3) is 0.419. The van der Waals surface area contributed by atoms with E-state index in [0.717, 1.165) is 11.3 Å². The van der Waals surface area contributed by atoms with E-state index in [1.54, 1.807) is 58.0 Å². The zero-order valence-electron chi connectivity index (χ0n) is 25.8. The van der Waals surface area contributed by atoms with Crippen molar-refractivity contribution in [3.05, 3.63) is 74.1 Å². The average Bonchev–Trinajstić information content (AvgIpc) is 3.32. The van der Waals surface area contributed by atoms with Crippen molar-refractivity contribution in [3.63, 3.8) is 0 Å². The normalized spacial score (nSPS) is 14.5. The van der Waals surface area contributed by atoms with E-state index in [0.29, 0.717) is 34.6 Å². The van der Waals surface area contributed by atoms with Crippen LogP contribution in [0.2, 0.25) is 5.02 Å². The van der Waals surface area contributed by atoms with Crippen LogP contribution in [-0.4, -0.2) is 67.6 Å². The second-order valence-electron chi connectivity index (χ2n) is 11.4. The summed E-state index contributed by atoms with van der Waals surface area (Å²) in [6, 6.07) is 12.7. The van der Waals surface area contributed by atoms with Crippen LogP contribution in [0.15, 0.2) is 48.5 Å². The number of thiophene rings is 1. The molecular weight excluding hydrogens is 660 g/mol. The second-order valence-corrected chi connectivity index (χ2v) is 14.8. The quantitative estimate of drug-likeness (QED) is 0.121. The number of rotatable bonds is 12. The Morgan fingerprint density at radius 2 is 1.80 bits per heavy atom. The van der Waals surface area contributed by atoms with E-state index in [9.17, 15) is 28.1 Å². The maximum absolute atomic E-state index is 13.1. The van der Waals surface area contributed by atoms with Crippen LogP contribution in [0, 0.1) is 10.1 Å². The molecule has 0 amide bonds. The number of sulfonamides is 1. The van der Waals surface area contributed by atoms with Crippen LogP contribution in [0.1, 0.15) is 55.8 Å². The Kier molecular flexibility index (Phi) is 11.3. The number of piperidine rings is 1. The third-order valence-electron chi connectivity index (χ3n) is 6.70. The first-order chi connectivity index (χ1) is 21.7. The number of carbonyl (C=O) groups is 2. The third kappa shape index (κ3) is 9.18. The van der Waals surface area contributed by atoms with Crippen LogP contribution in [0.25, 0.3) is 10.4 Å². The molecule has 4 rings (SSSR count). The molecule has 0 saturated carbocycles. The molecule has 0 unspecified atom stereocenters. The number of hydrogen-bond acceptors (Lipinski definition) is 11. The summed E-state index contributed by atoms with van der Waals surface area (Å²) in [6.45, 7) is 7.07. The van der Waals surface area contributed by atoms with E-state index in [4.69, 9.17) is 30.5 Å². The highest BCUT2D eigenvalue weighted by atomic mass is 35.5. The molecule has 1 fully saturated rings. The van der Waals surface area contributed by atoms with Gasteiger partial charge >= 0.3 is 11.9 Å². The molecule has 248 valence electrons. The highest BCUT2D eigenvalue weighted by molar-refractivity contribution is 7.88. The van der Waals surface area contributed by atoms with Crippen molar-refractivity contribution in [2.24, 2.45) is 0 Å². The summed E-state index contributed by atoms with van der Waals surface area (Å²) in [7, 11) is -3.69. The molecule has 46 heavy (non-hydrogen) atoms. The minimum Gasteiger partial charge on any atom is -0.490 e. The topological polar surface area (TPSA) is 152 Å². The molecule has 3 aromatic rings. The van der Waals surface area contributed by atoms with Crippen LogP contribution in [0.4, 0.5) is 5.69 Å². The van der Waals surface area contributed by atoms with Gasteiger partial charge in [0, 0.05) is 25.2 Å². The van der Waals surface area contributed by atoms with Crippen molar-refractivity contribution >= 4 is 50.6 Å². The maximum atomic E-state index is 13.1. The molecule has 1 aliphatic heterocycles. The van der Waals surface area contributed by atoms with E-state index in [-0.39, 0.29) is 52.9 Å². The standard InChI is InChI=1S/C31H35ClN2O10S2/c1-5-41-25(35)18-42-27-26(32)28(45-29(27)30(36)44-31(2,3)4)21-9-7-11-24(17-21)43-23-12-14-33(15-13-23)46(39,40)19-20-8-6-10-22(16-20)34(37)38/h6-11,16-17,23H,5,12-15,18-19H2,1-4H3. The van der Waals surface area contributed by atoms with Crippen molar-refractivity contribution in [2.75, 3.05) is 26.3 Å². The summed E-state index contributed by atoms with van der Waals surface area (Å²) in [5, 5.41) is 11.2. The smallest absolute Gasteiger partial charge is 0.352 e. The number of esters is 2. The molecular formula is C31H35ClN2O10S2. The van der Waals surface area contributed by atoms with Crippen molar-refractivity contribution in [2.45, 2.75) is 58.0 Å². The molecule has 2 heterocycles. The molecule has 1 aliphatic rings. The highest BCUT2D eigenvalue weighted by Gasteiger charge is 2.31. The molecule has 0 radical (unpaired) electrons. The minimum atomic E-state index is -3.69. The minimum absolute atomic E-state index is 0.0222. The Balaban J connectivity index is 1.46.